The molecule has 4 aliphatic carbocycles. The Balaban J connectivity index is 1.78. The molecule has 7 atom stereocenters. The monoisotopic (exact) mass is 346 g/mol. The lowest BCUT2D eigenvalue weighted by molar-refractivity contribution is -0.190. The summed E-state index contributed by atoms with van der Waals surface area (Å²) in [6.07, 6.45) is 7.32. The van der Waals surface area contributed by atoms with Crippen molar-refractivity contribution < 1.29 is 24.9 Å². The molecule has 5 nitrogen and oxygen atoms in total. The van der Waals surface area contributed by atoms with Crippen molar-refractivity contribution in [2.24, 2.45) is 28.6 Å². The average Bonchev–Trinajstić information content (AvgIpc) is 2.80. The van der Waals surface area contributed by atoms with Gasteiger partial charge < -0.3 is 15.3 Å². The quantitative estimate of drug-likeness (QED) is 0.632. The van der Waals surface area contributed by atoms with Gasteiger partial charge in [0.15, 0.2) is 11.4 Å². The highest BCUT2D eigenvalue weighted by molar-refractivity contribution is 5.93. The molecule has 0 aromatic heterocycles. The van der Waals surface area contributed by atoms with E-state index in [0.29, 0.717) is 12.8 Å². The van der Waals surface area contributed by atoms with Crippen molar-refractivity contribution in [2.75, 3.05) is 0 Å². The van der Waals surface area contributed by atoms with Crippen molar-refractivity contribution >= 4 is 11.8 Å². The largest absolute Gasteiger partial charge is 0.479 e. The number of ketones is 1. The highest BCUT2D eigenvalue weighted by Gasteiger charge is 2.68. The molecule has 4 aliphatic rings. The number of carboxylic acids is 1. The van der Waals surface area contributed by atoms with Gasteiger partial charge in [-0.05, 0) is 43.6 Å². The van der Waals surface area contributed by atoms with Crippen LogP contribution >= 0.6 is 0 Å². The fourth-order valence-electron chi connectivity index (χ4n) is 6.59. The van der Waals surface area contributed by atoms with Gasteiger partial charge in [0.25, 0.3) is 0 Å². The van der Waals surface area contributed by atoms with Crippen molar-refractivity contribution in [1.29, 1.82) is 0 Å². The molecule has 0 saturated heterocycles. The van der Waals surface area contributed by atoms with Crippen molar-refractivity contribution in [2.45, 2.75) is 57.7 Å². The van der Waals surface area contributed by atoms with Crippen LogP contribution < -0.4 is 0 Å². The molecule has 0 aromatic carbocycles. The second kappa shape index (κ2) is 5.04. The molecule has 0 radical (unpaired) electrons. The van der Waals surface area contributed by atoms with E-state index in [4.69, 9.17) is 0 Å². The van der Waals surface area contributed by atoms with E-state index in [9.17, 15) is 24.9 Å². The van der Waals surface area contributed by atoms with Crippen molar-refractivity contribution in [3.05, 3.63) is 23.8 Å². The van der Waals surface area contributed by atoms with Crippen molar-refractivity contribution in [3.63, 3.8) is 0 Å². The number of carbonyl (C=O) groups excluding carboxylic acids is 1. The van der Waals surface area contributed by atoms with Crippen molar-refractivity contribution in [1.82, 2.24) is 0 Å². The third-order valence-corrected chi connectivity index (χ3v) is 7.96. The lowest BCUT2D eigenvalue weighted by atomic mass is 9.47. The van der Waals surface area contributed by atoms with Gasteiger partial charge in [0.05, 0.1) is 6.10 Å². The molecule has 0 aromatic rings. The number of aliphatic hydroxyl groups is 2. The van der Waals surface area contributed by atoms with Gasteiger partial charge in [-0.3, -0.25) is 4.79 Å². The number of hydrogen-bond acceptors (Lipinski definition) is 4. The maximum atomic E-state index is 11.8. The van der Waals surface area contributed by atoms with Crippen LogP contribution in [0.25, 0.3) is 0 Å². The summed E-state index contributed by atoms with van der Waals surface area (Å²) in [4.78, 5) is 23.6. The number of allylic oxidation sites excluding steroid dienone is 4. The highest BCUT2D eigenvalue weighted by Crippen LogP contribution is 2.66. The van der Waals surface area contributed by atoms with Gasteiger partial charge >= 0.3 is 5.97 Å². The predicted octanol–water partition coefficient (Wildman–Crippen LogP) is 2.08. The minimum atomic E-state index is -1.77. The zero-order valence-electron chi connectivity index (χ0n) is 14.7. The number of rotatable bonds is 1. The number of aliphatic hydroxyl groups excluding tert-OH is 1. The zero-order valence-corrected chi connectivity index (χ0v) is 14.7. The fraction of sp³-hybridized carbons (Fsp3) is 0.700. The molecule has 0 heterocycles. The molecular weight excluding hydrogens is 320 g/mol. The van der Waals surface area contributed by atoms with E-state index >= 15 is 0 Å². The molecule has 3 N–H and O–H groups in total. The van der Waals surface area contributed by atoms with E-state index in [1.807, 2.05) is 13.0 Å². The maximum absolute atomic E-state index is 11.8. The molecule has 3 unspecified atom stereocenters. The summed E-state index contributed by atoms with van der Waals surface area (Å²) in [6.45, 7) is 3.92. The van der Waals surface area contributed by atoms with E-state index in [-0.39, 0.29) is 41.8 Å². The van der Waals surface area contributed by atoms with Crippen LogP contribution in [0.1, 0.15) is 46.0 Å². The Morgan fingerprint density at radius 3 is 2.72 bits per heavy atom. The molecule has 25 heavy (non-hydrogen) atoms. The van der Waals surface area contributed by atoms with Crippen LogP contribution in [0.4, 0.5) is 0 Å². The molecule has 0 bridgehead atoms. The first-order valence-electron chi connectivity index (χ1n) is 9.19. The van der Waals surface area contributed by atoms with Crippen LogP contribution in [-0.2, 0) is 9.59 Å². The van der Waals surface area contributed by atoms with Gasteiger partial charge in [0, 0.05) is 23.2 Å². The smallest absolute Gasteiger partial charge is 0.336 e. The summed E-state index contributed by atoms with van der Waals surface area (Å²) < 4.78 is 0. The van der Waals surface area contributed by atoms with Crippen LogP contribution in [-0.4, -0.2) is 38.8 Å². The summed E-state index contributed by atoms with van der Waals surface area (Å²) in [5.41, 5.74) is -1.88. The summed E-state index contributed by atoms with van der Waals surface area (Å²) in [5, 5.41) is 31.6. The molecule has 2 fully saturated rings. The SMILES string of the molecule is C[C@]12C=CC(=O)CC1=CCC1C2[C@@H](O)C[C@@]2(C)C1CC[C@]2(O)C(=O)O. The summed E-state index contributed by atoms with van der Waals surface area (Å²) >= 11 is 0. The van der Waals surface area contributed by atoms with Crippen LogP contribution in [0.15, 0.2) is 23.8 Å². The number of hydrogen-bond donors (Lipinski definition) is 3. The van der Waals surface area contributed by atoms with Crippen molar-refractivity contribution in [3.8, 4) is 0 Å². The van der Waals surface area contributed by atoms with Crippen LogP contribution in [0.2, 0.25) is 0 Å². The second-order valence-corrected chi connectivity index (χ2v) is 8.91. The minimum Gasteiger partial charge on any atom is -0.479 e. The third kappa shape index (κ3) is 1.97. The predicted molar refractivity (Wildman–Crippen MR) is 90.6 cm³/mol. The number of carbonyl (C=O) groups is 2. The molecule has 0 amide bonds. The van der Waals surface area contributed by atoms with Crippen LogP contribution in [0.3, 0.4) is 0 Å². The summed E-state index contributed by atoms with van der Waals surface area (Å²) in [5.74, 6) is -0.939. The molecule has 0 spiro atoms. The van der Waals surface area contributed by atoms with E-state index in [2.05, 4.69) is 13.0 Å². The van der Waals surface area contributed by atoms with Gasteiger partial charge in [-0.25, -0.2) is 4.79 Å². The third-order valence-electron chi connectivity index (χ3n) is 7.96. The molecule has 0 aliphatic heterocycles. The molecule has 4 rings (SSSR count). The van der Waals surface area contributed by atoms with Crippen LogP contribution in [0.5, 0.6) is 0 Å². The first-order chi connectivity index (χ1) is 11.6. The Morgan fingerprint density at radius 2 is 2.04 bits per heavy atom. The van der Waals surface area contributed by atoms with Gasteiger partial charge in [-0.2, -0.15) is 0 Å². The van der Waals surface area contributed by atoms with Gasteiger partial charge in [-0.15, -0.1) is 0 Å². The van der Waals surface area contributed by atoms with E-state index in [1.165, 1.54) is 0 Å². The Kier molecular flexibility index (Phi) is 3.42. The first kappa shape index (κ1) is 17.0. The highest BCUT2D eigenvalue weighted by atomic mass is 16.4. The Morgan fingerprint density at radius 1 is 1.32 bits per heavy atom. The van der Waals surface area contributed by atoms with E-state index < -0.39 is 23.1 Å². The van der Waals surface area contributed by atoms with E-state index in [1.54, 1.807) is 6.08 Å². The maximum Gasteiger partial charge on any atom is 0.336 e. The first-order valence-corrected chi connectivity index (χ1v) is 9.19. The summed E-state index contributed by atoms with van der Waals surface area (Å²) in [6, 6.07) is 0. The number of carboxylic acid groups (broad SMARTS) is 1. The fourth-order valence-corrected chi connectivity index (χ4v) is 6.59. The Labute approximate surface area is 147 Å². The lowest BCUT2D eigenvalue weighted by Gasteiger charge is -2.58. The Bertz CT molecular complexity index is 709. The summed E-state index contributed by atoms with van der Waals surface area (Å²) in [7, 11) is 0. The molecule has 5 heteroatoms. The molecular formula is C20H26O5. The average molecular weight is 346 g/mol. The van der Waals surface area contributed by atoms with Gasteiger partial charge in [0.1, 0.15) is 0 Å². The van der Waals surface area contributed by atoms with E-state index in [0.717, 1.165) is 12.0 Å². The van der Waals surface area contributed by atoms with Gasteiger partial charge in [0.2, 0.25) is 0 Å². The molecule has 136 valence electrons. The van der Waals surface area contributed by atoms with Gasteiger partial charge in [-0.1, -0.05) is 31.6 Å². The lowest BCUT2D eigenvalue weighted by Crippen LogP contribution is -2.61. The normalized spacial score (nSPS) is 51.4. The molecule has 2 saturated carbocycles. The second-order valence-electron chi connectivity index (χ2n) is 8.91. The minimum absolute atomic E-state index is 0.0360. The number of fused-ring (bicyclic) bond motifs is 5. The topological polar surface area (TPSA) is 94.8 Å². The van der Waals surface area contributed by atoms with Crippen LogP contribution in [0, 0.1) is 28.6 Å². The standard InChI is InChI=1S/C20H26O5/c1-18-7-5-12(21)9-11(18)3-4-13-14-6-8-20(25,17(23)24)19(14,2)10-15(22)16(13)18/h3,5,7,13-16,22,25H,4,6,8-10H2,1-2H3,(H,23,24)/t13?,14?,15-,16?,18-,19-,20-/m0/s1. The number of aliphatic carboxylic acids is 1. The Hall–Kier alpha value is -1.46. The zero-order chi connectivity index (χ0) is 18.2.